The first-order valence-corrected chi connectivity index (χ1v) is 6.49. The van der Waals surface area contributed by atoms with E-state index < -0.39 is 0 Å². The molecule has 3 heteroatoms. The molecular weight excluding hydrogens is 258 g/mol. The second kappa shape index (κ2) is 6.82. The summed E-state index contributed by atoms with van der Waals surface area (Å²) in [6.07, 6.45) is 1.32. The lowest BCUT2D eigenvalue weighted by molar-refractivity contribution is 0.306. The molecule has 0 aliphatic carbocycles. The second-order valence-electron chi connectivity index (χ2n) is 4.18. The third-order valence-corrected chi connectivity index (χ3v) is 3.17. The van der Waals surface area contributed by atoms with Gasteiger partial charge in [-0.15, -0.1) is 0 Å². The van der Waals surface area contributed by atoms with E-state index in [1.54, 1.807) is 0 Å². The second-order valence-corrected chi connectivity index (χ2v) is 4.59. The average molecular weight is 272 g/mol. The maximum atomic E-state index is 8.53. The Morgan fingerprint density at radius 2 is 1.79 bits per heavy atom. The van der Waals surface area contributed by atoms with Crippen LogP contribution in [-0.2, 0) is 13.0 Å². The maximum absolute atomic E-state index is 8.53. The maximum Gasteiger partial charge on any atom is 0.119 e. The number of rotatable bonds is 5. The molecule has 0 aromatic heterocycles. The number of nitrogens with zero attached hydrogens (tertiary/aromatic N) is 1. The summed E-state index contributed by atoms with van der Waals surface area (Å²) in [6, 6.07) is 17.6. The molecule has 0 unspecified atom stereocenters. The lowest BCUT2D eigenvalue weighted by atomic mass is 10.1. The number of hydrogen-bond acceptors (Lipinski definition) is 2. The number of halogens is 1. The van der Waals surface area contributed by atoms with Crippen LogP contribution in [0.15, 0.2) is 48.5 Å². The van der Waals surface area contributed by atoms with Gasteiger partial charge in [0.2, 0.25) is 0 Å². The minimum atomic E-state index is 0.456. The first-order chi connectivity index (χ1) is 9.29. The van der Waals surface area contributed by atoms with Crippen molar-refractivity contribution in [3.05, 3.63) is 64.7 Å². The monoisotopic (exact) mass is 271 g/mol. The van der Waals surface area contributed by atoms with Crippen LogP contribution in [0.25, 0.3) is 0 Å². The first-order valence-electron chi connectivity index (χ1n) is 6.11. The van der Waals surface area contributed by atoms with Gasteiger partial charge in [-0.05, 0) is 30.2 Å². The quantitative estimate of drug-likeness (QED) is 0.809. The molecule has 0 radical (unpaired) electrons. The van der Waals surface area contributed by atoms with Crippen molar-refractivity contribution in [2.24, 2.45) is 0 Å². The van der Waals surface area contributed by atoms with E-state index >= 15 is 0 Å². The van der Waals surface area contributed by atoms with Gasteiger partial charge < -0.3 is 4.74 Å². The fourth-order valence-electron chi connectivity index (χ4n) is 1.73. The normalized spacial score (nSPS) is 9.89. The van der Waals surface area contributed by atoms with E-state index in [2.05, 4.69) is 6.07 Å². The van der Waals surface area contributed by atoms with Crippen molar-refractivity contribution < 1.29 is 4.74 Å². The minimum absolute atomic E-state index is 0.456. The Balaban J connectivity index is 1.93. The molecule has 0 spiro atoms. The van der Waals surface area contributed by atoms with Gasteiger partial charge in [-0.2, -0.15) is 5.26 Å². The fraction of sp³-hybridized carbons (Fsp3) is 0.188. The molecule has 2 nitrogen and oxygen atoms in total. The van der Waals surface area contributed by atoms with Crippen LogP contribution >= 0.6 is 11.6 Å². The zero-order chi connectivity index (χ0) is 13.5. The van der Waals surface area contributed by atoms with Crippen molar-refractivity contribution in [3.8, 4) is 11.8 Å². The fourth-order valence-corrected chi connectivity index (χ4v) is 1.92. The summed E-state index contributed by atoms with van der Waals surface area (Å²) in [5.74, 6) is 0.806. The van der Waals surface area contributed by atoms with Crippen LogP contribution in [0.4, 0.5) is 0 Å². The largest absolute Gasteiger partial charge is 0.489 e. The molecule has 0 heterocycles. The third-order valence-electron chi connectivity index (χ3n) is 2.80. The van der Waals surface area contributed by atoms with Crippen molar-refractivity contribution in [2.75, 3.05) is 0 Å². The summed E-state index contributed by atoms with van der Waals surface area (Å²) in [5, 5.41) is 9.25. The molecule has 2 aromatic rings. The third kappa shape index (κ3) is 4.01. The van der Waals surface area contributed by atoms with Gasteiger partial charge >= 0.3 is 0 Å². The Morgan fingerprint density at radius 1 is 1.05 bits per heavy atom. The summed E-state index contributed by atoms with van der Waals surface area (Å²) in [7, 11) is 0. The number of benzene rings is 2. The van der Waals surface area contributed by atoms with Gasteiger partial charge in [0.25, 0.3) is 0 Å². The van der Waals surface area contributed by atoms with Crippen LogP contribution in [0.1, 0.15) is 17.5 Å². The zero-order valence-corrected chi connectivity index (χ0v) is 11.2. The SMILES string of the molecule is N#CCCc1ccc(OCc2ccccc2Cl)cc1. The van der Waals surface area contributed by atoms with Gasteiger partial charge in [0, 0.05) is 17.0 Å². The molecule has 0 atom stereocenters. The van der Waals surface area contributed by atoms with Crippen LogP contribution in [0.3, 0.4) is 0 Å². The van der Waals surface area contributed by atoms with Crippen molar-refractivity contribution in [1.29, 1.82) is 5.26 Å². The molecule has 0 amide bonds. The van der Waals surface area contributed by atoms with E-state index in [4.69, 9.17) is 21.6 Å². The molecule has 0 N–H and O–H groups in total. The van der Waals surface area contributed by atoms with Gasteiger partial charge in [0.05, 0.1) is 6.07 Å². The predicted molar refractivity (Wildman–Crippen MR) is 76.2 cm³/mol. The highest BCUT2D eigenvalue weighted by molar-refractivity contribution is 6.31. The number of ether oxygens (including phenoxy) is 1. The highest BCUT2D eigenvalue weighted by Crippen LogP contribution is 2.19. The Hall–Kier alpha value is -1.98. The van der Waals surface area contributed by atoms with E-state index in [0.29, 0.717) is 18.1 Å². The van der Waals surface area contributed by atoms with E-state index in [0.717, 1.165) is 23.3 Å². The smallest absolute Gasteiger partial charge is 0.119 e. The topological polar surface area (TPSA) is 33.0 Å². The molecule has 0 bridgehead atoms. The zero-order valence-electron chi connectivity index (χ0n) is 10.5. The molecular formula is C16H14ClNO. The van der Waals surface area contributed by atoms with Gasteiger partial charge in [0.15, 0.2) is 0 Å². The molecule has 96 valence electrons. The Kier molecular flexibility index (Phi) is 4.83. The highest BCUT2D eigenvalue weighted by Gasteiger charge is 2.00. The highest BCUT2D eigenvalue weighted by atomic mass is 35.5. The van der Waals surface area contributed by atoms with Crippen molar-refractivity contribution in [1.82, 2.24) is 0 Å². The molecule has 0 aliphatic rings. The van der Waals surface area contributed by atoms with E-state index in [-0.39, 0.29) is 0 Å². The molecule has 2 rings (SSSR count). The molecule has 0 fully saturated rings. The van der Waals surface area contributed by atoms with Crippen LogP contribution in [0, 0.1) is 11.3 Å². The predicted octanol–water partition coefficient (Wildman–Crippen LogP) is 4.38. The van der Waals surface area contributed by atoms with E-state index in [1.807, 2.05) is 48.5 Å². The van der Waals surface area contributed by atoms with Gasteiger partial charge in [0.1, 0.15) is 12.4 Å². The summed E-state index contributed by atoms with van der Waals surface area (Å²) >= 11 is 6.06. The van der Waals surface area contributed by atoms with Crippen LogP contribution in [0.2, 0.25) is 5.02 Å². The van der Waals surface area contributed by atoms with Gasteiger partial charge in [-0.1, -0.05) is 41.9 Å². The van der Waals surface area contributed by atoms with Crippen molar-refractivity contribution >= 4 is 11.6 Å². The summed E-state index contributed by atoms with van der Waals surface area (Å²) in [4.78, 5) is 0. The summed E-state index contributed by atoms with van der Waals surface area (Å²) in [6.45, 7) is 0.456. The van der Waals surface area contributed by atoms with Gasteiger partial charge in [-0.25, -0.2) is 0 Å². The van der Waals surface area contributed by atoms with E-state index in [1.165, 1.54) is 0 Å². The van der Waals surface area contributed by atoms with Crippen LogP contribution in [0.5, 0.6) is 5.75 Å². The molecule has 0 saturated carbocycles. The molecule has 19 heavy (non-hydrogen) atoms. The molecule has 0 saturated heterocycles. The van der Waals surface area contributed by atoms with Crippen molar-refractivity contribution in [3.63, 3.8) is 0 Å². The lowest BCUT2D eigenvalue weighted by Gasteiger charge is -2.08. The van der Waals surface area contributed by atoms with E-state index in [9.17, 15) is 0 Å². The number of aryl methyl sites for hydroxylation is 1. The molecule has 0 aliphatic heterocycles. The minimum Gasteiger partial charge on any atom is -0.489 e. The van der Waals surface area contributed by atoms with Crippen LogP contribution < -0.4 is 4.74 Å². The van der Waals surface area contributed by atoms with Crippen molar-refractivity contribution in [2.45, 2.75) is 19.4 Å². The van der Waals surface area contributed by atoms with Crippen LogP contribution in [-0.4, -0.2) is 0 Å². The van der Waals surface area contributed by atoms with Gasteiger partial charge in [-0.3, -0.25) is 0 Å². The Morgan fingerprint density at radius 3 is 2.47 bits per heavy atom. The summed E-state index contributed by atoms with van der Waals surface area (Å²) < 4.78 is 5.68. The molecule has 2 aromatic carbocycles. The Labute approximate surface area is 118 Å². The first kappa shape index (κ1) is 13.5. The summed E-state index contributed by atoms with van der Waals surface area (Å²) in [5.41, 5.74) is 2.12. The standard InChI is InChI=1S/C16H14ClNO/c17-16-6-2-1-5-14(16)12-19-15-9-7-13(8-10-15)4-3-11-18/h1-2,5-10H,3-4,12H2. The lowest BCUT2D eigenvalue weighted by Crippen LogP contribution is -1.96. The Bertz CT molecular complexity index is 572. The number of nitriles is 1. The number of hydrogen-bond donors (Lipinski definition) is 0. The average Bonchev–Trinajstić information content (AvgIpc) is 2.45.